The first kappa shape index (κ1) is 23.1. The van der Waals surface area contributed by atoms with Crippen LogP contribution in [-0.2, 0) is 21.2 Å². The topological polar surface area (TPSA) is 120 Å². The predicted molar refractivity (Wildman–Crippen MR) is 131 cm³/mol. The SMILES string of the molecule is CC1=CN2C(=NC3C2C(=O)N(CCCc2ccccc2)C(=O)N3C)N1c1ccc(S(N)(=O)=O)cc1. The number of sulfonamides is 1. The van der Waals surface area contributed by atoms with E-state index in [2.05, 4.69) is 0 Å². The molecular weight excluding hydrogens is 468 g/mol. The van der Waals surface area contributed by atoms with Crippen molar-refractivity contribution in [2.45, 2.75) is 36.9 Å². The molecule has 0 spiro atoms. The lowest BCUT2D eigenvalue weighted by molar-refractivity contribution is -0.136. The molecule has 2 N–H and O–H groups in total. The van der Waals surface area contributed by atoms with Crippen molar-refractivity contribution in [3.8, 4) is 0 Å². The van der Waals surface area contributed by atoms with Crippen molar-refractivity contribution in [1.82, 2.24) is 14.7 Å². The highest BCUT2D eigenvalue weighted by Gasteiger charge is 2.54. The van der Waals surface area contributed by atoms with Gasteiger partial charge >= 0.3 is 6.03 Å². The van der Waals surface area contributed by atoms with Gasteiger partial charge in [0.2, 0.25) is 16.0 Å². The third-order valence-corrected chi connectivity index (χ3v) is 7.43. The summed E-state index contributed by atoms with van der Waals surface area (Å²) in [5.41, 5.74) is 2.64. The number of amides is 3. The smallest absolute Gasteiger partial charge is 0.302 e. The monoisotopic (exact) mass is 494 g/mol. The van der Waals surface area contributed by atoms with Crippen molar-refractivity contribution in [1.29, 1.82) is 0 Å². The van der Waals surface area contributed by atoms with E-state index in [-0.39, 0.29) is 16.8 Å². The van der Waals surface area contributed by atoms with Crippen LogP contribution in [0.15, 0.2) is 76.4 Å². The van der Waals surface area contributed by atoms with Gasteiger partial charge in [0.1, 0.15) is 0 Å². The number of anilines is 1. The van der Waals surface area contributed by atoms with Crippen LogP contribution in [0, 0.1) is 0 Å². The first-order chi connectivity index (χ1) is 16.7. The van der Waals surface area contributed by atoms with Crippen LogP contribution < -0.4 is 10.0 Å². The van der Waals surface area contributed by atoms with E-state index in [1.807, 2.05) is 48.4 Å². The second-order valence-corrected chi connectivity index (χ2v) is 10.4. The van der Waals surface area contributed by atoms with E-state index >= 15 is 0 Å². The van der Waals surface area contributed by atoms with E-state index in [1.165, 1.54) is 21.9 Å². The number of aryl methyl sites for hydroxylation is 1. The van der Waals surface area contributed by atoms with Crippen molar-refractivity contribution < 1.29 is 18.0 Å². The van der Waals surface area contributed by atoms with Gasteiger partial charge in [-0.3, -0.25) is 14.6 Å². The highest BCUT2D eigenvalue weighted by atomic mass is 32.2. The van der Waals surface area contributed by atoms with Crippen molar-refractivity contribution in [2.24, 2.45) is 10.1 Å². The van der Waals surface area contributed by atoms with Crippen LogP contribution in [0.2, 0.25) is 0 Å². The Bertz CT molecular complexity index is 1340. The molecule has 35 heavy (non-hydrogen) atoms. The number of urea groups is 1. The Morgan fingerprint density at radius 2 is 1.71 bits per heavy atom. The molecule has 10 nitrogen and oxygen atoms in total. The molecule has 3 aliphatic heterocycles. The van der Waals surface area contributed by atoms with E-state index in [9.17, 15) is 18.0 Å². The number of hydrogen-bond acceptors (Lipinski definition) is 7. The molecular formula is C24H26N6O4S. The van der Waals surface area contributed by atoms with Crippen LogP contribution in [0.4, 0.5) is 10.5 Å². The molecule has 1 fully saturated rings. The third-order valence-electron chi connectivity index (χ3n) is 6.50. The van der Waals surface area contributed by atoms with Crippen LogP contribution >= 0.6 is 0 Å². The number of aliphatic imine (C=N–C) groups is 1. The number of guanidine groups is 1. The summed E-state index contributed by atoms with van der Waals surface area (Å²) in [5.74, 6) is 0.236. The minimum Gasteiger partial charge on any atom is -0.302 e. The molecule has 2 atom stereocenters. The highest BCUT2D eigenvalue weighted by molar-refractivity contribution is 7.89. The zero-order chi connectivity index (χ0) is 24.9. The fraction of sp³-hybridized carbons (Fsp3) is 0.292. The molecule has 11 heteroatoms. The molecule has 2 aromatic carbocycles. The number of primary sulfonamides is 1. The number of hydrogen-bond donors (Lipinski definition) is 1. The Hall–Kier alpha value is -3.70. The number of rotatable bonds is 6. The molecule has 0 aliphatic carbocycles. The lowest BCUT2D eigenvalue weighted by Gasteiger charge is -2.40. The van der Waals surface area contributed by atoms with Gasteiger partial charge in [0.15, 0.2) is 12.2 Å². The normalized spacial score (nSPS) is 21.8. The Morgan fingerprint density at radius 1 is 1.03 bits per heavy atom. The Labute approximate surface area is 204 Å². The maximum Gasteiger partial charge on any atom is 0.328 e. The van der Waals surface area contributed by atoms with Gasteiger partial charge in [-0.1, -0.05) is 30.3 Å². The maximum absolute atomic E-state index is 13.5. The van der Waals surface area contributed by atoms with E-state index in [0.29, 0.717) is 24.6 Å². The van der Waals surface area contributed by atoms with Crippen LogP contribution in [-0.4, -0.2) is 66.8 Å². The number of allylic oxidation sites excluding steroid dienone is 1. The minimum absolute atomic E-state index is 0.00705. The van der Waals surface area contributed by atoms with Gasteiger partial charge in [-0.25, -0.2) is 23.3 Å². The van der Waals surface area contributed by atoms with Crippen LogP contribution in [0.1, 0.15) is 18.9 Å². The zero-order valence-corrected chi connectivity index (χ0v) is 20.2. The standard InChI is InChI=1S/C24H26N6O4S/c1-16-15-29-20-21(26-23(29)30(16)18-10-12-19(13-11-18)35(25,33)34)27(2)24(32)28(22(20)31)14-6-9-17-7-4-3-5-8-17/h3-5,7-8,10-13,15,20-21H,6,9,14H2,1-2H3,(H2,25,33,34). The predicted octanol–water partition coefficient (Wildman–Crippen LogP) is 1.91. The number of imide groups is 1. The van der Waals surface area contributed by atoms with Crippen molar-refractivity contribution in [3.05, 3.63) is 72.1 Å². The quantitative estimate of drug-likeness (QED) is 0.655. The number of nitrogens with two attached hydrogens (primary N) is 1. The van der Waals surface area contributed by atoms with E-state index in [1.54, 1.807) is 24.1 Å². The summed E-state index contributed by atoms with van der Waals surface area (Å²) in [6.07, 6.45) is 2.62. The summed E-state index contributed by atoms with van der Waals surface area (Å²) in [7, 11) is -2.15. The number of fused-ring (bicyclic) bond motifs is 3. The fourth-order valence-electron chi connectivity index (χ4n) is 4.75. The van der Waals surface area contributed by atoms with Gasteiger partial charge in [-0.15, -0.1) is 0 Å². The summed E-state index contributed by atoms with van der Waals surface area (Å²) in [5, 5.41) is 5.21. The van der Waals surface area contributed by atoms with Gasteiger partial charge in [0.05, 0.1) is 4.90 Å². The van der Waals surface area contributed by atoms with Gasteiger partial charge in [0.25, 0.3) is 5.91 Å². The third kappa shape index (κ3) is 3.96. The molecule has 3 aliphatic rings. The van der Waals surface area contributed by atoms with Crippen LogP contribution in [0.5, 0.6) is 0 Å². The largest absolute Gasteiger partial charge is 0.328 e. The van der Waals surface area contributed by atoms with Gasteiger partial charge in [0, 0.05) is 31.2 Å². The fourth-order valence-corrected chi connectivity index (χ4v) is 5.27. The molecule has 0 bridgehead atoms. The van der Waals surface area contributed by atoms with Gasteiger partial charge in [-0.05, 0) is 49.6 Å². The Morgan fingerprint density at radius 3 is 2.37 bits per heavy atom. The van der Waals surface area contributed by atoms with Crippen LogP contribution in [0.3, 0.4) is 0 Å². The minimum atomic E-state index is -3.81. The van der Waals surface area contributed by atoms with Crippen LogP contribution in [0.25, 0.3) is 0 Å². The second kappa shape index (κ2) is 8.51. The maximum atomic E-state index is 13.5. The molecule has 3 heterocycles. The van der Waals surface area contributed by atoms with Gasteiger partial charge < -0.3 is 9.80 Å². The zero-order valence-electron chi connectivity index (χ0n) is 19.4. The molecule has 0 aromatic heterocycles. The lowest BCUT2D eigenvalue weighted by Crippen LogP contribution is -2.64. The second-order valence-electron chi connectivity index (χ2n) is 8.81. The number of likely N-dealkylation sites (N-methyl/N-ethyl adjacent to an activating group) is 1. The summed E-state index contributed by atoms with van der Waals surface area (Å²) >= 11 is 0. The average Bonchev–Trinajstić information content (AvgIpc) is 3.34. The molecule has 1 saturated heterocycles. The average molecular weight is 495 g/mol. The first-order valence-corrected chi connectivity index (χ1v) is 12.8. The van der Waals surface area contributed by atoms with E-state index < -0.39 is 22.2 Å². The Balaban J connectivity index is 1.37. The number of nitrogens with zero attached hydrogens (tertiary/aromatic N) is 5. The summed E-state index contributed by atoms with van der Waals surface area (Å²) < 4.78 is 23.2. The molecule has 2 aromatic rings. The summed E-state index contributed by atoms with van der Waals surface area (Å²) in [6, 6.07) is 15.1. The molecule has 0 saturated carbocycles. The van der Waals surface area contributed by atoms with Crippen molar-refractivity contribution in [2.75, 3.05) is 18.5 Å². The molecule has 182 valence electrons. The number of carbonyl (C=O) groups excluding carboxylic acids is 2. The molecule has 2 unspecified atom stereocenters. The number of benzene rings is 2. The highest BCUT2D eigenvalue weighted by Crippen LogP contribution is 2.36. The van der Waals surface area contributed by atoms with E-state index in [4.69, 9.17) is 10.1 Å². The van der Waals surface area contributed by atoms with E-state index in [0.717, 1.165) is 17.7 Å². The van der Waals surface area contributed by atoms with Gasteiger partial charge in [-0.2, -0.15) is 0 Å². The number of carbonyl (C=O) groups is 2. The van der Waals surface area contributed by atoms with Crippen molar-refractivity contribution >= 4 is 33.6 Å². The molecule has 0 radical (unpaired) electrons. The van der Waals surface area contributed by atoms with Crippen molar-refractivity contribution in [3.63, 3.8) is 0 Å². The molecule has 5 rings (SSSR count). The lowest BCUT2D eigenvalue weighted by atomic mass is 10.1. The Kier molecular flexibility index (Phi) is 5.60. The summed E-state index contributed by atoms with van der Waals surface area (Å²) in [6.45, 7) is 2.20. The summed E-state index contributed by atoms with van der Waals surface area (Å²) in [4.78, 5) is 37.7. The molecule has 3 amide bonds. The first-order valence-electron chi connectivity index (χ1n) is 11.3.